The van der Waals surface area contributed by atoms with E-state index in [9.17, 15) is 0 Å². The first-order valence-corrected chi connectivity index (χ1v) is 3.95. The summed E-state index contributed by atoms with van der Waals surface area (Å²) in [5.74, 6) is 0. The maximum atomic E-state index is 8.55. The number of hydrogen-bond acceptors (Lipinski definition) is 2. The van der Waals surface area contributed by atoms with Gasteiger partial charge in [0.25, 0.3) is 0 Å². The molecule has 0 heterocycles. The van der Waals surface area contributed by atoms with Crippen molar-refractivity contribution in [1.29, 1.82) is 5.26 Å². The molecule has 0 amide bonds. The first kappa shape index (κ1) is 9.21. The van der Waals surface area contributed by atoms with Crippen LogP contribution in [0.2, 0.25) is 0 Å². The van der Waals surface area contributed by atoms with Crippen molar-refractivity contribution in [3.05, 3.63) is 36.4 Å². The van der Waals surface area contributed by atoms with Crippen molar-refractivity contribution >= 4 is 17.5 Å². The van der Waals surface area contributed by atoms with E-state index in [0.717, 1.165) is 11.3 Å². The first-order valence-electron chi connectivity index (χ1n) is 3.95. The lowest BCUT2D eigenvalue weighted by Crippen LogP contribution is -1.83. The molecule has 1 aromatic rings. The third-order valence-corrected chi connectivity index (χ3v) is 1.61. The summed E-state index contributed by atoms with van der Waals surface area (Å²) >= 11 is 0. The van der Waals surface area contributed by atoms with E-state index in [1.165, 1.54) is 0 Å². The zero-order valence-electron chi connectivity index (χ0n) is 7.49. The molecule has 0 saturated heterocycles. The van der Waals surface area contributed by atoms with Gasteiger partial charge in [0.05, 0.1) is 5.69 Å². The van der Waals surface area contributed by atoms with Crippen molar-refractivity contribution in [2.45, 2.75) is 6.92 Å². The minimum absolute atomic E-state index is 0.453. The van der Waals surface area contributed by atoms with Crippen LogP contribution in [-0.2, 0) is 0 Å². The maximum Gasteiger partial charge on any atom is 0.115 e. The maximum absolute atomic E-state index is 8.55. The van der Waals surface area contributed by atoms with Crippen molar-refractivity contribution < 1.29 is 0 Å². The molecule has 0 atom stereocenters. The first-order chi connectivity index (χ1) is 6.27. The Morgan fingerprint density at radius 1 is 1.54 bits per heavy atom. The topological polar surface area (TPSA) is 36.1 Å². The number of para-hydroxylation sites is 1. The van der Waals surface area contributed by atoms with Crippen LogP contribution in [0.5, 0.6) is 0 Å². The van der Waals surface area contributed by atoms with Crippen molar-refractivity contribution in [1.82, 2.24) is 0 Å². The van der Waals surface area contributed by atoms with Crippen molar-refractivity contribution in [2.75, 3.05) is 0 Å². The van der Waals surface area contributed by atoms with Gasteiger partial charge in [0.1, 0.15) is 11.8 Å². The standard InChI is InChI=1S/C11H10N2/c1-3-10-6-4-5-7-11(10)13-9(2)8-12/h3-7H,1H2,2H3. The second kappa shape index (κ2) is 4.22. The predicted molar refractivity (Wildman–Crippen MR) is 54.9 cm³/mol. The quantitative estimate of drug-likeness (QED) is 0.628. The van der Waals surface area contributed by atoms with Crippen LogP contribution in [0.25, 0.3) is 6.08 Å². The van der Waals surface area contributed by atoms with E-state index < -0.39 is 0 Å². The molecule has 2 heteroatoms. The second-order valence-electron chi connectivity index (χ2n) is 2.57. The highest BCUT2D eigenvalue weighted by molar-refractivity contribution is 5.98. The van der Waals surface area contributed by atoms with E-state index in [2.05, 4.69) is 11.6 Å². The summed E-state index contributed by atoms with van der Waals surface area (Å²) in [5.41, 5.74) is 2.18. The summed E-state index contributed by atoms with van der Waals surface area (Å²) in [6.45, 7) is 5.35. The average molecular weight is 170 g/mol. The van der Waals surface area contributed by atoms with Crippen LogP contribution >= 0.6 is 0 Å². The van der Waals surface area contributed by atoms with Gasteiger partial charge in [-0.05, 0) is 18.6 Å². The fourth-order valence-corrected chi connectivity index (χ4v) is 0.968. The van der Waals surface area contributed by atoms with Gasteiger partial charge >= 0.3 is 0 Å². The molecule has 0 saturated carbocycles. The zero-order valence-corrected chi connectivity index (χ0v) is 7.49. The third-order valence-electron chi connectivity index (χ3n) is 1.61. The zero-order chi connectivity index (χ0) is 9.68. The molecule has 0 aliphatic rings. The van der Waals surface area contributed by atoms with Gasteiger partial charge in [-0.2, -0.15) is 5.26 Å². The molecule has 0 aliphatic heterocycles. The Balaban J connectivity index is 3.16. The van der Waals surface area contributed by atoms with Crippen LogP contribution < -0.4 is 0 Å². The number of nitrogens with zero attached hydrogens (tertiary/aromatic N) is 2. The minimum Gasteiger partial charge on any atom is -0.242 e. The molecule has 0 aromatic heterocycles. The van der Waals surface area contributed by atoms with Crippen molar-refractivity contribution in [3.8, 4) is 6.07 Å². The molecule has 0 aliphatic carbocycles. The van der Waals surface area contributed by atoms with Crippen LogP contribution in [-0.4, -0.2) is 5.71 Å². The summed E-state index contributed by atoms with van der Waals surface area (Å²) in [4.78, 5) is 4.13. The highest BCUT2D eigenvalue weighted by atomic mass is 14.7. The Hall–Kier alpha value is -1.88. The highest BCUT2D eigenvalue weighted by Crippen LogP contribution is 2.19. The van der Waals surface area contributed by atoms with Crippen LogP contribution in [0.15, 0.2) is 35.8 Å². The van der Waals surface area contributed by atoms with Crippen molar-refractivity contribution in [3.63, 3.8) is 0 Å². The van der Waals surface area contributed by atoms with Gasteiger partial charge in [0.2, 0.25) is 0 Å². The molecule has 2 nitrogen and oxygen atoms in total. The summed E-state index contributed by atoms with van der Waals surface area (Å²) in [6, 6.07) is 9.55. The number of nitriles is 1. The van der Waals surface area contributed by atoms with Gasteiger partial charge in [-0.15, -0.1) is 0 Å². The Morgan fingerprint density at radius 2 is 2.23 bits per heavy atom. The Bertz CT molecular complexity index is 383. The predicted octanol–water partition coefficient (Wildman–Crippen LogP) is 2.95. The number of hydrogen-bond donors (Lipinski definition) is 0. The molecule has 0 fully saturated rings. The number of rotatable bonds is 2. The number of benzene rings is 1. The van der Waals surface area contributed by atoms with Gasteiger partial charge in [-0.1, -0.05) is 30.9 Å². The lowest BCUT2D eigenvalue weighted by Gasteiger charge is -1.98. The van der Waals surface area contributed by atoms with E-state index in [4.69, 9.17) is 5.26 Å². The molecule has 13 heavy (non-hydrogen) atoms. The molecular weight excluding hydrogens is 160 g/mol. The normalized spacial score (nSPS) is 10.6. The van der Waals surface area contributed by atoms with Crippen LogP contribution in [0.1, 0.15) is 12.5 Å². The van der Waals surface area contributed by atoms with E-state index in [1.807, 2.05) is 30.3 Å². The fraction of sp³-hybridized carbons (Fsp3) is 0.0909. The lowest BCUT2D eigenvalue weighted by molar-refractivity contribution is 1.46. The summed E-state index contributed by atoms with van der Waals surface area (Å²) in [5, 5.41) is 8.55. The molecule has 0 bridgehead atoms. The fourth-order valence-electron chi connectivity index (χ4n) is 0.968. The Labute approximate surface area is 77.9 Å². The van der Waals surface area contributed by atoms with E-state index >= 15 is 0 Å². The smallest absolute Gasteiger partial charge is 0.115 e. The highest BCUT2D eigenvalue weighted by Gasteiger charge is 1.95. The lowest BCUT2D eigenvalue weighted by atomic mass is 10.2. The summed E-state index contributed by atoms with van der Waals surface area (Å²) in [7, 11) is 0. The van der Waals surface area contributed by atoms with Gasteiger partial charge in [-0.3, -0.25) is 0 Å². The molecule has 0 radical (unpaired) electrons. The molecule has 1 aromatic carbocycles. The minimum atomic E-state index is 0.453. The molecule has 0 spiro atoms. The molecule has 64 valence electrons. The van der Waals surface area contributed by atoms with E-state index in [-0.39, 0.29) is 0 Å². The SMILES string of the molecule is C=Cc1ccccc1N=C(C)C#N. The van der Waals surface area contributed by atoms with Gasteiger partial charge in [-0.25, -0.2) is 4.99 Å². The van der Waals surface area contributed by atoms with Crippen LogP contribution in [0, 0.1) is 11.3 Å². The third kappa shape index (κ3) is 2.28. The largest absolute Gasteiger partial charge is 0.242 e. The molecule has 0 N–H and O–H groups in total. The van der Waals surface area contributed by atoms with Gasteiger partial charge < -0.3 is 0 Å². The summed E-state index contributed by atoms with van der Waals surface area (Å²) in [6.07, 6.45) is 1.73. The molecule has 1 rings (SSSR count). The Morgan fingerprint density at radius 3 is 2.85 bits per heavy atom. The van der Waals surface area contributed by atoms with Gasteiger partial charge in [0, 0.05) is 0 Å². The second-order valence-corrected chi connectivity index (χ2v) is 2.57. The van der Waals surface area contributed by atoms with Crippen molar-refractivity contribution in [2.24, 2.45) is 4.99 Å². The number of aliphatic imine (C=N–C) groups is 1. The van der Waals surface area contributed by atoms with Crippen LogP contribution in [0.3, 0.4) is 0 Å². The molecular formula is C11H10N2. The molecule has 0 unspecified atom stereocenters. The van der Waals surface area contributed by atoms with E-state index in [1.54, 1.807) is 13.0 Å². The average Bonchev–Trinajstić information content (AvgIpc) is 2.18. The van der Waals surface area contributed by atoms with Crippen LogP contribution in [0.4, 0.5) is 5.69 Å². The Kier molecular flexibility index (Phi) is 2.99. The summed E-state index contributed by atoms with van der Waals surface area (Å²) < 4.78 is 0. The van der Waals surface area contributed by atoms with E-state index in [0.29, 0.717) is 5.71 Å². The van der Waals surface area contributed by atoms with Gasteiger partial charge in [0.15, 0.2) is 0 Å². The monoisotopic (exact) mass is 170 g/mol.